The maximum Gasteiger partial charge on any atom is 0.219 e. The number of piperidine rings is 2. The summed E-state index contributed by atoms with van der Waals surface area (Å²) < 4.78 is 0. The van der Waals surface area contributed by atoms with E-state index in [1.807, 2.05) is 4.90 Å². The topological polar surface area (TPSA) is 32.3 Å². The second-order valence-electron chi connectivity index (χ2n) is 4.76. The molecule has 15 heavy (non-hydrogen) atoms. The molecule has 2 fully saturated rings. The quantitative estimate of drug-likeness (QED) is 0.685. The van der Waals surface area contributed by atoms with Gasteiger partial charge in [-0.2, -0.15) is 0 Å². The predicted octanol–water partition coefficient (Wildman–Crippen LogP) is 1.42. The minimum absolute atomic E-state index is 0. The van der Waals surface area contributed by atoms with Gasteiger partial charge in [0.1, 0.15) is 0 Å². The van der Waals surface area contributed by atoms with Crippen LogP contribution < -0.4 is 5.32 Å². The van der Waals surface area contributed by atoms with E-state index in [-0.39, 0.29) is 18.3 Å². The van der Waals surface area contributed by atoms with Crippen LogP contribution in [0.3, 0.4) is 0 Å². The first-order valence-corrected chi connectivity index (χ1v) is 5.68. The van der Waals surface area contributed by atoms with Gasteiger partial charge in [0.25, 0.3) is 0 Å². The summed E-state index contributed by atoms with van der Waals surface area (Å²) in [5.74, 6) is 0.244. The van der Waals surface area contributed by atoms with Crippen LogP contribution >= 0.6 is 12.4 Å². The Bertz CT molecular complexity index is 217. The van der Waals surface area contributed by atoms with Crippen molar-refractivity contribution in [3.63, 3.8) is 0 Å². The normalized spacial score (nSPS) is 24.7. The van der Waals surface area contributed by atoms with Crippen LogP contribution in [-0.4, -0.2) is 37.0 Å². The van der Waals surface area contributed by atoms with Crippen molar-refractivity contribution in [3.05, 3.63) is 0 Å². The Morgan fingerprint density at radius 2 is 1.67 bits per heavy atom. The van der Waals surface area contributed by atoms with Crippen LogP contribution in [-0.2, 0) is 4.79 Å². The number of rotatable bonds is 0. The van der Waals surface area contributed by atoms with Gasteiger partial charge in [0.05, 0.1) is 0 Å². The first-order valence-electron chi connectivity index (χ1n) is 5.68. The molecule has 0 saturated carbocycles. The van der Waals surface area contributed by atoms with Gasteiger partial charge >= 0.3 is 0 Å². The molecule has 1 spiro atoms. The van der Waals surface area contributed by atoms with Gasteiger partial charge in [-0.3, -0.25) is 4.79 Å². The number of carbonyl (C=O) groups is 1. The number of halogens is 1. The Morgan fingerprint density at radius 3 is 2.13 bits per heavy atom. The van der Waals surface area contributed by atoms with Gasteiger partial charge in [-0.1, -0.05) is 0 Å². The zero-order valence-electron chi connectivity index (χ0n) is 9.42. The third kappa shape index (κ3) is 2.85. The highest BCUT2D eigenvalue weighted by molar-refractivity contribution is 5.85. The molecular formula is C11H21ClN2O. The maximum atomic E-state index is 11.2. The van der Waals surface area contributed by atoms with Crippen molar-refractivity contribution in [2.24, 2.45) is 5.41 Å². The summed E-state index contributed by atoms with van der Waals surface area (Å²) in [6.07, 6.45) is 5.04. The van der Waals surface area contributed by atoms with Crippen LogP contribution in [0.1, 0.15) is 32.6 Å². The Morgan fingerprint density at radius 1 is 1.13 bits per heavy atom. The van der Waals surface area contributed by atoms with E-state index < -0.39 is 0 Å². The molecule has 4 heteroatoms. The monoisotopic (exact) mass is 232 g/mol. The number of carbonyl (C=O) groups excluding carboxylic acids is 1. The van der Waals surface area contributed by atoms with Crippen molar-refractivity contribution < 1.29 is 4.79 Å². The van der Waals surface area contributed by atoms with Crippen LogP contribution in [0.4, 0.5) is 0 Å². The Hall–Kier alpha value is -0.280. The second kappa shape index (κ2) is 5.17. The number of nitrogens with one attached hydrogen (secondary N) is 1. The molecule has 2 aliphatic heterocycles. The van der Waals surface area contributed by atoms with Crippen molar-refractivity contribution in [1.82, 2.24) is 10.2 Å². The molecule has 2 heterocycles. The summed E-state index contributed by atoms with van der Waals surface area (Å²) >= 11 is 0. The molecule has 0 bridgehead atoms. The first-order chi connectivity index (χ1) is 6.72. The molecule has 2 aliphatic rings. The number of likely N-dealkylation sites (tertiary alicyclic amines) is 1. The lowest BCUT2D eigenvalue weighted by molar-refractivity contribution is -0.131. The Kier molecular flexibility index (Phi) is 4.41. The van der Waals surface area contributed by atoms with Gasteiger partial charge in [0.2, 0.25) is 5.91 Å². The van der Waals surface area contributed by atoms with Gasteiger partial charge in [-0.15, -0.1) is 12.4 Å². The highest BCUT2D eigenvalue weighted by Gasteiger charge is 2.35. The van der Waals surface area contributed by atoms with Crippen molar-refractivity contribution in [1.29, 1.82) is 0 Å². The zero-order chi connectivity index (χ0) is 10.0. The summed E-state index contributed by atoms with van der Waals surface area (Å²) in [6.45, 7) is 5.98. The van der Waals surface area contributed by atoms with Crippen LogP contribution in [0.15, 0.2) is 0 Å². The standard InChI is InChI=1S/C11H20N2O.ClH/c1-10(14)13-8-4-11(5-9-13)2-6-12-7-3-11;/h12H,2-9H2,1H3;1H. The fraction of sp³-hybridized carbons (Fsp3) is 0.909. The number of hydrogen-bond acceptors (Lipinski definition) is 2. The third-order valence-electron chi connectivity index (χ3n) is 3.93. The second-order valence-corrected chi connectivity index (χ2v) is 4.76. The molecule has 2 rings (SSSR count). The van der Waals surface area contributed by atoms with E-state index in [9.17, 15) is 4.79 Å². The lowest BCUT2D eigenvalue weighted by atomic mass is 9.71. The average molecular weight is 233 g/mol. The van der Waals surface area contributed by atoms with Gasteiger partial charge in [0.15, 0.2) is 0 Å². The zero-order valence-corrected chi connectivity index (χ0v) is 10.2. The molecule has 0 radical (unpaired) electrons. The molecule has 0 aliphatic carbocycles. The summed E-state index contributed by atoms with van der Waals surface area (Å²) in [7, 11) is 0. The molecule has 0 aromatic heterocycles. The molecule has 0 aromatic rings. The summed E-state index contributed by atoms with van der Waals surface area (Å²) in [4.78, 5) is 13.2. The Labute approximate surface area is 98.0 Å². The van der Waals surface area contributed by atoms with Gasteiger partial charge < -0.3 is 10.2 Å². The third-order valence-corrected chi connectivity index (χ3v) is 3.93. The SMILES string of the molecule is CC(=O)N1CCC2(CCNCC2)CC1.Cl. The lowest BCUT2D eigenvalue weighted by Crippen LogP contribution is -2.46. The van der Waals surface area contributed by atoms with Crippen LogP contribution in [0, 0.1) is 5.41 Å². The van der Waals surface area contributed by atoms with E-state index in [2.05, 4.69) is 5.32 Å². The minimum atomic E-state index is 0. The first kappa shape index (κ1) is 12.8. The van der Waals surface area contributed by atoms with Gasteiger partial charge in [-0.25, -0.2) is 0 Å². The van der Waals surface area contributed by atoms with E-state index in [1.165, 1.54) is 38.8 Å². The lowest BCUT2D eigenvalue weighted by Gasteiger charge is -2.44. The smallest absolute Gasteiger partial charge is 0.219 e. The van der Waals surface area contributed by atoms with E-state index >= 15 is 0 Å². The molecule has 1 amide bonds. The van der Waals surface area contributed by atoms with Crippen LogP contribution in [0.2, 0.25) is 0 Å². The largest absolute Gasteiger partial charge is 0.343 e. The highest BCUT2D eigenvalue weighted by Crippen LogP contribution is 2.39. The van der Waals surface area contributed by atoms with Crippen molar-refractivity contribution in [3.8, 4) is 0 Å². The molecule has 1 N–H and O–H groups in total. The summed E-state index contributed by atoms with van der Waals surface area (Å²) in [6, 6.07) is 0. The highest BCUT2D eigenvalue weighted by atomic mass is 35.5. The fourth-order valence-corrected chi connectivity index (χ4v) is 2.75. The number of amides is 1. The minimum Gasteiger partial charge on any atom is -0.343 e. The van der Waals surface area contributed by atoms with Gasteiger partial charge in [0, 0.05) is 20.0 Å². The van der Waals surface area contributed by atoms with Crippen LogP contribution in [0.5, 0.6) is 0 Å². The summed E-state index contributed by atoms with van der Waals surface area (Å²) in [5.41, 5.74) is 0.567. The summed E-state index contributed by atoms with van der Waals surface area (Å²) in [5, 5.41) is 3.41. The Balaban J connectivity index is 0.00000112. The van der Waals surface area contributed by atoms with E-state index in [0.717, 1.165) is 13.1 Å². The van der Waals surface area contributed by atoms with E-state index in [4.69, 9.17) is 0 Å². The van der Waals surface area contributed by atoms with Crippen LogP contribution in [0.25, 0.3) is 0 Å². The molecule has 3 nitrogen and oxygen atoms in total. The predicted molar refractivity (Wildman–Crippen MR) is 63.3 cm³/mol. The number of hydrogen-bond donors (Lipinski definition) is 1. The van der Waals surface area contributed by atoms with Gasteiger partial charge in [-0.05, 0) is 44.2 Å². The average Bonchev–Trinajstić information content (AvgIpc) is 2.19. The van der Waals surface area contributed by atoms with E-state index in [0.29, 0.717) is 5.41 Å². The molecule has 88 valence electrons. The molecule has 0 unspecified atom stereocenters. The van der Waals surface area contributed by atoms with Crippen molar-refractivity contribution >= 4 is 18.3 Å². The number of nitrogens with zero attached hydrogens (tertiary/aromatic N) is 1. The molecule has 0 aromatic carbocycles. The van der Waals surface area contributed by atoms with Crippen molar-refractivity contribution in [2.75, 3.05) is 26.2 Å². The van der Waals surface area contributed by atoms with E-state index in [1.54, 1.807) is 6.92 Å². The maximum absolute atomic E-state index is 11.2. The van der Waals surface area contributed by atoms with Crippen molar-refractivity contribution in [2.45, 2.75) is 32.6 Å². The molecule has 2 saturated heterocycles. The molecular weight excluding hydrogens is 212 g/mol. The molecule has 0 atom stereocenters. The fourth-order valence-electron chi connectivity index (χ4n) is 2.75.